The van der Waals surface area contributed by atoms with Crippen molar-refractivity contribution in [2.24, 2.45) is 0 Å². The van der Waals surface area contributed by atoms with Crippen LogP contribution in [0.3, 0.4) is 0 Å². The first-order chi connectivity index (χ1) is 13.1. The summed E-state index contributed by atoms with van der Waals surface area (Å²) in [5.41, 5.74) is 0.710. The average Bonchev–Trinajstić information content (AvgIpc) is 3.19. The molecule has 140 valence electrons. The number of rotatable bonds is 7. The van der Waals surface area contributed by atoms with Gasteiger partial charge in [-0.3, -0.25) is 4.98 Å². The van der Waals surface area contributed by atoms with E-state index in [9.17, 15) is 4.79 Å². The second-order valence-electron chi connectivity index (χ2n) is 5.71. The van der Waals surface area contributed by atoms with Crippen molar-refractivity contribution in [2.75, 3.05) is 7.11 Å². The summed E-state index contributed by atoms with van der Waals surface area (Å²) in [5, 5.41) is 3.88. The fourth-order valence-electron chi connectivity index (χ4n) is 2.24. The largest absolute Gasteiger partial charge is 0.497 e. The fraction of sp³-hybridized carbons (Fsp3) is 0.263. The van der Waals surface area contributed by atoms with Crippen molar-refractivity contribution in [1.82, 2.24) is 15.1 Å². The van der Waals surface area contributed by atoms with E-state index in [0.717, 1.165) is 0 Å². The molecule has 0 aliphatic heterocycles. The van der Waals surface area contributed by atoms with E-state index in [0.29, 0.717) is 22.9 Å². The molecule has 8 nitrogen and oxygen atoms in total. The van der Waals surface area contributed by atoms with Gasteiger partial charge in [0.25, 0.3) is 5.89 Å². The topological polar surface area (TPSA) is 96.6 Å². The zero-order valence-electron chi connectivity index (χ0n) is 15.2. The first kappa shape index (κ1) is 18.4. The van der Waals surface area contributed by atoms with E-state index < -0.39 is 18.2 Å². The highest BCUT2D eigenvalue weighted by molar-refractivity contribution is 5.74. The van der Waals surface area contributed by atoms with Crippen molar-refractivity contribution in [2.45, 2.75) is 26.1 Å². The molecule has 2 unspecified atom stereocenters. The van der Waals surface area contributed by atoms with Gasteiger partial charge >= 0.3 is 5.97 Å². The Bertz CT molecular complexity index is 880. The van der Waals surface area contributed by atoms with E-state index in [1.807, 2.05) is 6.07 Å². The minimum Gasteiger partial charge on any atom is -0.497 e. The minimum absolute atomic E-state index is 0.193. The Hall–Kier alpha value is -3.42. The molecule has 0 saturated heterocycles. The van der Waals surface area contributed by atoms with Crippen molar-refractivity contribution in [3.63, 3.8) is 0 Å². The van der Waals surface area contributed by atoms with E-state index >= 15 is 0 Å². The molecule has 0 N–H and O–H groups in total. The maximum Gasteiger partial charge on any atom is 0.347 e. The second kappa shape index (κ2) is 8.31. The number of carbonyl (C=O) groups excluding carboxylic acids is 1. The maximum atomic E-state index is 12.3. The SMILES string of the molecule is COc1ccc(OC(C)C(=O)OC(C)c2nc(-c3cccnc3)no2)cc1. The van der Waals surface area contributed by atoms with Gasteiger partial charge in [-0.25, -0.2) is 4.79 Å². The molecule has 0 bridgehead atoms. The zero-order chi connectivity index (χ0) is 19.2. The van der Waals surface area contributed by atoms with Crippen LogP contribution < -0.4 is 9.47 Å². The summed E-state index contributed by atoms with van der Waals surface area (Å²) in [4.78, 5) is 20.5. The predicted octanol–water partition coefficient (Wildman–Crippen LogP) is 3.21. The Kier molecular flexibility index (Phi) is 5.65. The summed E-state index contributed by atoms with van der Waals surface area (Å²) >= 11 is 0. The van der Waals surface area contributed by atoms with Crippen LogP contribution >= 0.6 is 0 Å². The van der Waals surface area contributed by atoms with E-state index in [1.54, 1.807) is 63.7 Å². The van der Waals surface area contributed by atoms with Crippen LogP contribution in [0.15, 0.2) is 53.3 Å². The lowest BCUT2D eigenvalue weighted by atomic mass is 10.3. The van der Waals surface area contributed by atoms with Crippen LogP contribution in [0, 0.1) is 0 Å². The van der Waals surface area contributed by atoms with Gasteiger partial charge in [0, 0.05) is 18.0 Å². The molecule has 0 fully saturated rings. The molecule has 27 heavy (non-hydrogen) atoms. The molecule has 3 rings (SSSR count). The lowest BCUT2D eigenvalue weighted by Gasteiger charge is -2.16. The molecule has 0 aliphatic rings. The van der Waals surface area contributed by atoms with Crippen molar-refractivity contribution in [3.8, 4) is 22.9 Å². The van der Waals surface area contributed by atoms with Crippen molar-refractivity contribution >= 4 is 5.97 Å². The van der Waals surface area contributed by atoms with Crippen molar-refractivity contribution in [1.29, 1.82) is 0 Å². The van der Waals surface area contributed by atoms with Crippen LogP contribution in [0.1, 0.15) is 25.8 Å². The summed E-state index contributed by atoms with van der Waals surface area (Å²) in [6.07, 6.45) is 1.76. The van der Waals surface area contributed by atoms with E-state index in [-0.39, 0.29) is 5.89 Å². The number of hydrogen-bond acceptors (Lipinski definition) is 8. The van der Waals surface area contributed by atoms with Gasteiger partial charge in [0.15, 0.2) is 12.2 Å². The zero-order valence-corrected chi connectivity index (χ0v) is 15.2. The highest BCUT2D eigenvalue weighted by atomic mass is 16.6. The molecular weight excluding hydrogens is 350 g/mol. The molecule has 0 spiro atoms. The smallest absolute Gasteiger partial charge is 0.347 e. The van der Waals surface area contributed by atoms with Crippen LogP contribution in [0.5, 0.6) is 11.5 Å². The Morgan fingerprint density at radius 1 is 1.11 bits per heavy atom. The van der Waals surface area contributed by atoms with Crippen molar-refractivity contribution in [3.05, 3.63) is 54.7 Å². The predicted molar refractivity (Wildman–Crippen MR) is 95.1 cm³/mol. The molecular formula is C19H19N3O5. The Morgan fingerprint density at radius 2 is 1.85 bits per heavy atom. The number of carbonyl (C=O) groups is 1. The van der Waals surface area contributed by atoms with Crippen LogP contribution in [0.2, 0.25) is 0 Å². The number of ether oxygens (including phenoxy) is 3. The van der Waals surface area contributed by atoms with Crippen LogP contribution in [0.25, 0.3) is 11.4 Å². The summed E-state index contributed by atoms with van der Waals surface area (Å²) in [6.45, 7) is 3.26. The third-order valence-corrected chi connectivity index (χ3v) is 3.71. The first-order valence-electron chi connectivity index (χ1n) is 8.32. The molecule has 8 heteroatoms. The highest BCUT2D eigenvalue weighted by Crippen LogP contribution is 2.22. The van der Waals surface area contributed by atoms with Gasteiger partial charge in [0.2, 0.25) is 5.82 Å². The molecule has 0 radical (unpaired) electrons. The molecule has 2 atom stereocenters. The molecule has 2 heterocycles. The quantitative estimate of drug-likeness (QED) is 0.586. The van der Waals surface area contributed by atoms with E-state index in [1.165, 1.54) is 0 Å². The standard InChI is InChI=1S/C19H19N3O5/c1-12(18-21-17(22-27-18)14-5-4-10-20-11-14)26-19(23)13(2)25-16-8-6-15(24-3)7-9-16/h4-13H,1-3H3. The van der Waals surface area contributed by atoms with Gasteiger partial charge < -0.3 is 18.7 Å². The highest BCUT2D eigenvalue weighted by Gasteiger charge is 2.24. The Morgan fingerprint density at radius 3 is 2.52 bits per heavy atom. The lowest BCUT2D eigenvalue weighted by Crippen LogP contribution is -2.27. The van der Waals surface area contributed by atoms with Gasteiger partial charge in [-0.1, -0.05) is 5.16 Å². The number of benzene rings is 1. The molecule has 3 aromatic rings. The first-order valence-corrected chi connectivity index (χ1v) is 8.32. The molecule has 1 aromatic carbocycles. The van der Waals surface area contributed by atoms with Crippen LogP contribution in [0.4, 0.5) is 0 Å². The summed E-state index contributed by atoms with van der Waals surface area (Å²) in [6, 6.07) is 10.5. The van der Waals surface area contributed by atoms with Crippen LogP contribution in [-0.4, -0.2) is 34.3 Å². The normalized spacial score (nSPS) is 12.9. The Balaban J connectivity index is 1.59. The average molecular weight is 369 g/mol. The van der Waals surface area contributed by atoms with Gasteiger partial charge in [0.05, 0.1) is 7.11 Å². The monoisotopic (exact) mass is 369 g/mol. The second-order valence-corrected chi connectivity index (χ2v) is 5.71. The van der Waals surface area contributed by atoms with Gasteiger partial charge in [-0.15, -0.1) is 0 Å². The number of aromatic nitrogens is 3. The molecule has 2 aromatic heterocycles. The fourth-order valence-corrected chi connectivity index (χ4v) is 2.24. The molecule has 0 saturated carbocycles. The van der Waals surface area contributed by atoms with E-state index in [2.05, 4.69) is 15.1 Å². The lowest BCUT2D eigenvalue weighted by molar-refractivity contribution is -0.157. The van der Waals surface area contributed by atoms with Gasteiger partial charge in [0.1, 0.15) is 11.5 Å². The minimum atomic E-state index is -0.804. The molecule has 0 aliphatic carbocycles. The number of pyridine rings is 1. The summed E-state index contributed by atoms with van der Waals surface area (Å²) in [7, 11) is 1.58. The summed E-state index contributed by atoms with van der Waals surface area (Å²) in [5.74, 6) is 1.26. The van der Waals surface area contributed by atoms with E-state index in [4.69, 9.17) is 18.7 Å². The van der Waals surface area contributed by atoms with Crippen LogP contribution in [-0.2, 0) is 9.53 Å². The number of nitrogens with zero attached hydrogens (tertiary/aromatic N) is 3. The van der Waals surface area contributed by atoms with Gasteiger partial charge in [-0.05, 0) is 50.2 Å². The Labute approximate surface area is 156 Å². The van der Waals surface area contributed by atoms with Gasteiger partial charge in [-0.2, -0.15) is 4.98 Å². The number of esters is 1. The number of methoxy groups -OCH3 is 1. The molecule has 0 amide bonds. The third-order valence-electron chi connectivity index (χ3n) is 3.71. The third kappa shape index (κ3) is 4.60. The van der Waals surface area contributed by atoms with Crippen molar-refractivity contribution < 1.29 is 23.5 Å². The maximum absolute atomic E-state index is 12.3. The summed E-state index contributed by atoms with van der Waals surface area (Å²) < 4.78 is 21.2. The number of hydrogen-bond donors (Lipinski definition) is 0.